The van der Waals surface area contributed by atoms with E-state index in [2.05, 4.69) is 4.98 Å². The van der Waals surface area contributed by atoms with Gasteiger partial charge < -0.3 is 4.98 Å². The van der Waals surface area contributed by atoms with E-state index in [4.69, 9.17) is 0 Å². The van der Waals surface area contributed by atoms with Gasteiger partial charge in [0.2, 0.25) is 5.56 Å². The number of rotatable bonds is 1. The van der Waals surface area contributed by atoms with Crippen LogP contribution in [0.3, 0.4) is 0 Å². The fraction of sp³-hybridized carbons (Fsp3) is 0.167. The summed E-state index contributed by atoms with van der Waals surface area (Å²) >= 11 is 0. The molecule has 0 aliphatic heterocycles. The van der Waals surface area contributed by atoms with E-state index in [1.807, 2.05) is 0 Å². The Morgan fingerprint density at radius 2 is 2.44 bits per heavy atom. The summed E-state index contributed by atoms with van der Waals surface area (Å²) in [6.07, 6.45) is 1.43. The molecule has 1 rings (SSSR count). The molecule has 0 aliphatic rings. The molecule has 0 aliphatic carbocycles. The zero-order chi connectivity index (χ0) is 6.69. The Balaban J connectivity index is 3.08. The van der Waals surface area contributed by atoms with Gasteiger partial charge in [0.05, 0.1) is 0 Å². The topological polar surface area (TPSA) is 32.9 Å². The molecule has 1 heterocycles. The van der Waals surface area contributed by atoms with E-state index in [1.165, 1.54) is 18.3 Å². The van der Waals surface area contributed by atoms with Crippen molar-refractivity contribution in [3.05, 3.63) is 34.2 Å². The van der Waals surface area contributed by atoms with E-state index in [9.17, 15) is 9.18 Å². The lowest BCUT2D eigenvalue weighted by Crippen LogP contribution is -2.02. The van der Waals surface area contributed by atoms with Gasteiger partial charge in [-0.25, -0.2) is 4.39 Å². The molecule has 0 bridgehead atoms. The number of aromatic amines is 1. The van der Waals surface area contributed by atoms with Crippen molar-refractivity contribution in [2.75, 3.05) is 0 Å². The molecule has 1 aromatic rings. The highest BCUT2D eigenvalue weighted by atomic mass is 19.1. The molecule has 0 spiro atoms. The Kier molecular flexibility index (Phi) is 1.63. The van der Waals surface area contributed by atoms with E-state index < -0.39 is 6.67 Å². The summed E-state index contributed by atoms with van der Waals surface area (Å²) in [5.41, 5.74) is 0.156. The molecule has 2 nitrogen and oxygen atoms in total. The van der Waals surface area contributed by atoms with Gasteiger partial charge in [-0.3, -0.25) is 4.79 Å². The number of nitrogens with one attached hydrogen (secondary N) is 1. The molecule has 0 fully saturated rings. The van der Waals surface area contributed by atoms with Gasteiger partial charge in [0, 0.05) is 12.3 Å². The van der Waals surface area contributed by atoms with Gasteiger partial charge >= 0.3 is 0 Å². The van der Waals surface area contributed by atoms with E-state index in [1.54, 1.807) is 0 Å². The number of pyridine rings is 1. The second kappa shape index (κ2) is 2.44. The smallest absolute Gasteiger partial charge is 0.248 e. The second-order valence-corrected chi connectivity index (χ2v) is 1.69. The summed E-state index contributed by atoms with van der Waals surface area (Å²) < 4.78 is 11.8. The molecule has 0 unspecified atom stereocenters. The van der Waals surface area contributed by atoms with Crippen LogP contribution >= 0.6 is 0 Å². The van der Waals surface area contributed by atoms with Crippen LogP contribution < -0.4 is 5.56 Å². The first kappa shape index (κ1) is 6.01. The number of H-pyrrole nitrogens is 1. The average Bonchev–Trinajstić information content (AvgIpc) is 1.88. The fourth-order valence-electron chi connectivity index (χ4n) is 0.572. The van der Waals surface area contributed by atoms with Gasteiger partial charge in [-0.15, -0.1) is 0 Å². The quantitative estimate of drug-likeness (QED) is 0.595. The predicted molar refractivity (Wildman–Crippen MR) is 31.9 cm³/mol. The van der Waals surface area contributed by atoms with Crippen LogP contribution in [0, 0.1) is 0 Å². The van der Waals surface area contributed by atoms with Gasteiger partial charge in [0.15, 0.2) is 0 Å². The van der Waals surface area contributed by atoms with Gasteiger partial charge in [0.1, 0.15) is 6.67 Å². The molecule has 0 aromatic carbocycles. The molecule has 1 N–H and O–H groups in total. The third kappa shape index (κ3) is 1.38. The molecule has 48 valence electrons. The summed E-state index contributed by atoms with van der Waals surface area (Å²) in [5, 5.41) is 0. The van der Waals surface area contributed by atoms with E-state index in [0.717, 1.165) is 0 Å². The maximum absolute atomic E-state index is 11.8. The van der Waals surface area contributed by atoms with E-state index in [-0.39, 0.29) is 5.56 Å². The molecule has 0 saturated heterocycles. The number of hydrogen-bond acceptors (Lipinski definition) is 1. The Morgan fingerprint density at radius 1 is 1.67 bits per heavy atom. The molecular weight excluding hydrogens is 121 g/mol. The van der Waals surface area contributed by atoms with Crippen LogP contribution in [-0.4, -0.2) is 4.98 Å². The second-order valence-electron chi connectivity index (χ2n) is 1.69. The highest BCUT2D eigenvalue weighted by molar-refractivity contribution is 5.07. The minimum Gasteiger partial charge on any atom is -0.329 e. The number of alkyl halides is 1. The summed E-state index contributed by atoms with van der Waals surface area (Å²) in [7, 11) is 0. The first-order chi connectivity index (χ1) is 4.33. The zero-order valence-corrected chi connectivity index (χ0v) is 4.73. The molecule has 0 atom stereocenters. The Morgan fingerprint density at radius 3 is 2.89 bits per heavy atom. The summed E-state index contributed by atoms with van der Waals surface area (Å²) in [6, 6.07) is 2.77. The van der Waals surface area contributed by atoms with Crippen molar-refractivity contribution in [3.63, 3.8) is 0 Å². The molecular formula is C6H6FNO. The lowest BCUT2D eigenvalue weighted by molar-refractivity contribution is 0.484. The lowest BCUT2D eigenvalue weighted by atomic mass is 10.3. The van der Waals surface area contributed by atoms with Crippen LogP contribution in [0.25, 0.3) is 0 Å². The van der Waals surface area contributed by atoms with Crippen LogP contribution in [0.5, 0.6) is 0 Å². The maximum Gasteiger partial charge on any atom is 0.248 e. The molecule has 0 radical (unpaired) electrons. The Labute approximate surface area is 51.3 Å². The van der Waals surface area contributed by atoms with Crippen LogP contribution in [0.15, 0.2) is 23.1 Å². The van der Waals surface area contributed by atoms with Crippen LogP contribution in [0.4, 0.5) is 4.39 Å². The highest BCUT2D eigenvalue weighted by Crippen LogP contribution is 1.93. The highest BCUT2D eigenvalue weighted by Gasteiger charge is 1.88. The number of aromatic nitrogens is 1. The third-order valence-corrected chi connectivity index (χ3v) is 0.994. The van der Waals surface area contributed by atoms with Gasteiger partial charge in [-0.2, -0.15) is 0 Å². The molecule has 1 aromatic heterocycles. The van der Waals surface area contributed by atoms with Crippen molar-refractivity contribution < 1.29 is 4.39 Å². The van der Waals surface area contributed by atoms with Gasteiger partial charge in [-0.05, 0) is 11.6 Å². The van der Waals surface area contributed by atoms with Crippen molar-refractivity contribution in [2.24, 2.45) is 0 Å². The van der Waals surface area contributed by atoms with Crippen molar-refractivity contribution >= 4 is 0 Å². The van der Waals surface area contributed by atoms with Gasteiger partial charge in [0.25, 0.3) is 0 Å². The molecule has 3 heteroatoms. The average molecular weight is 127 g/mol. The van der Waals surface area contributed by atoms with Crippen molar-refractivity contribution in [1.82, 2.24) is 4.98 Å². The standard InChI is InChI=1S/C6H6FNO/c7-4-5-1-2-8-6(9)3-5/h1-3H,4H2,(H,8,9). The Hall–Kier alpha value is -1.12. The number of halogens is 1. The SMILES string of the molecule is O=c1cc(CF)cc[nH]1. The predicted octanol–water partition coefficient (Wildman–Crippen LogP) is 0.844. The molecule has 9 heavy (non-hydrogen) atoms. The zero-order valence-electron chi connectivity index (χ0n) is 4.73. The number of hydrogen-bond donors (Lipinski definition) is 1. The van der Waals surface area contributed by atoms with E-state index >= 15 is 0 Å². The van der Waals surface area contributed by atoms with Crippen LogP contribution in [-0.2, 0) is 6.67 Å². The first-order valence-corrected chi connectivity index (χ1v) is 2.56. The van der Waals surface area contributed by atoms with Crippen LogP contribution in [0.2, 0.25) is 0 Å². The third-order valence-electron chi connectivity index (χ3n) is 0.994. The summed E-state index contributed by atoms with van der Waals surface area (Å²) in [4.78, 5) is 12.8. The molecule has 0 amide bonds. The summed E-state index contributed by atoms with van der Waals surface area (Å²) in [6.45, 7) is -0.579. The Bertz CT molecular complexity index is 243. The lowest BCUT2D eigenvalue weighted by Gasteiger charge is -1.87. The van der Waals surface area contributed by atoms with E-state index in [0.29, 0.717) is 5.56 Å². The molecule has 0 saturated carbocycles. The maximum atomic E-state index is 11.8. The van der Waals surface area contributed by atoms with Crippen molar-refractivity contribution in [1.29, 1.82) is 0 Å². The van der Waals surface area contributed by atoms with Crippen LogP contribution in [0.1, 0.15) is 5.56 Å². The monoisotopic (exact) mass is 127 g/mol. The minimum atomic E-state index is -0.579. The summed E-state index contributed by atoms with van der Waals surface area (Å²) in [5.74, 6) is 0. The fourth-order valence-corrected chi connectivity index (χ4v) is 0.572. The first-order valence-electron chi connectivity index (χ1n) is 2.56. The normalized spacial score (nSPS) is 9.44. The van der Waals surface area contributed by atoms with Gasteiger partial charge in [-0.1, -0.05) is 0 Å². The van der Waals surface area contributed by atoms with Crippen molar-refractivity contribution in [3.8, 4) is 0 Å². The largest absolute Gasteiger partial charge is 0.329 e. The van der Waals surface area contributed by atoms with Crippen molar-refractivity contribution in [2.45, 2.75) is 6.67 Å². The minimum absolute atomic E-state index is 0.259.